The molecule has 0 aliphatic rings. The Hall–Kier alpha value is -1.60. The maximum atomic E-state index is 13.2. The number of nitrogens with one attached hydrogen (secondary N) is 1. The van der Waals surface area contributed by atoms with E-state index < -0.39 is 11.9 Å². The number of nitrogens with zero attached hydrogens (tertiary/aromatic N) is 1. The highest BCUT2D eigenvalue weighted by atomic mass is 19.1. The van der Waals surface area contributed by atoms with Gasteiger partial charge in [0.25, 0.3) is 0 Å². The van der Waals surface area contributed by atoms with E-state index >= 15 is 0 Å². The average molecular weight is 208 g/mol. The van der Waals surface area contributed by atoms with Gasteiger partial charge in [-0.25, -0.2) is 4.39 Å². The predicted molar refractivity (Wildman–Crippen MR) is 55.1 cm³/mol. The fourth-order valence-electron chi connectivity index (χ4n) is 1.08. The summed E-state index contributed by atoms with van der Waals surface area (Å²) in [5.41, 5.74) is 0.921. The van der Waals surface area contributed by atoms with Gasteiger partial charge < -0.3 is 10.1 Å². The lowest BCUT2D eigenvalue weighted by Gasteiger charge is -2.11. The zero-order valence-electron chi connectivity index (χ0n) is 8.75. The van der Waals surface area contributed by atoms with Crippen LogP contribution in [0.4, 0.5) is 4.39 Å². The smallest absolute Gasteiger partial charge is 0.165 e. The van der Waals surface area contributed by atoms with Crippen molar-refractivity contribution in [1.29, 1.82) is 5.26 Å². The van der Waals surface area contributed by atoms with Crippen LogP contribution in [0.1, 0.15) is 5.56 Å². The number of likely N-dealkylation sites (N-methyl/N-ethyl adjacent to an activating group) is 1. The molecule has 0 aromatic heterocycles. The maximum Gasteiger partial charge on any atom is 0.165 e. The zero-order valence-corrected chi connectivity index (χ0v) is 8.75. The normalized spacial score (nSPS) is 11.9. The first kappa shape index (κ1) is 11.5. The Morgan fingerprint density at radius 3 is 2.93 bits per heavy atom. The number of nitriles is 1. The molecular formula is C11H13FN2O. The summed E-state index contributed by atoms with van der Waals surface area (Å²) >= 11 is 0. The molecule has 15 heavy (non-hydrogen) atoms. The lowest BCUT2D eigenvalue weighted by atomic mass is 10.2. The van der Waals surface area contributed by atoms with Gasteiger partial charge in [0.05, 0.1) is 6.07 Å². The number of rotatable bonds is 4. The molecule has 4 heteroatoms. The van der Waals surface area contributed by atoms with E-state index in [4.69, 9.17) is 10.00 Å². The second kappa shape index (κ2) is 5.32. The van der Waals surface area contributed by atoms with Crippen molar-refractivity contribution in [2.45, 2.75) is 13.0 Å². The third kappa shape index (κ3) is 3.22. The molecule has 0 fully saturated rings. The van der Waals surface area contributed by atoms with Gasteiger partial charge >= 0.3 is 0 Å². The van der Waals surface area contributed by atoms with E-state index in [2.05, 4.69) is 5.32 Å². The summed E-state index contributed by atoms with van der Waals surface area (Å²) in [7, 11) is 1.66. The van der Waals surface area contributed by atoms with E-state index in [1.165, 1.54) is 6.07 Å². The quantitative estimate of drug-likeness (QED) is 0.817. The molecule has 1 aromatic rings. The first-order chi connectivity index (χ1) is 7.17. The molecule has 3 nitrogen and oxygen atoms in total. The third-order valence-electron chi connectivity index (χ3n) is 2.00. The van der Waals surface area contributed by atoms with Crippen LogP contribution in [0.25, 0.3) is 0 Å². The number of benzene rings is 1. The first-order valence-electron chi connectivity index (χ1n) is 4.63. The van der Waals surface area contributed by atoms with Crippen molar-refractivity contribution in [3.63, 3.8) is 0 Å². The van der Waals surface area contributed by atoms with Crippen molar-refractivity contribution in [2.24, 2.45) is 0 Å². The predicted octanol–water partition coefficient (Wildman–Crippen LogP) is 1.62. The fraction of sp³-hybridized carbons (Fsp3) is 0.364. The number of hydrogen-bond donors (Lipinski definition) is 1. The van der Waals surface area contributed by atoms with Gasteiger partial charge in [0.1, 0.15) is 12.6 Å². The number of halogens is 1. The van der Waals surface area contributed by atoms with E-state index in [1.54, 1.807) is 19.2 Å². The summed E-state index contributed by atoms with van der Waals surface area (Å²) in [6, 6.07) is 6.20. The summed E-state index contributed by atoms with van der Waals surface area (Å²) in [4.78, 5) is 0. The molecule has 0 saturated heterocycles. The largest absolute Gasteiger partial charge is 0.488 e. The summed E-state index contributed by atoms with van der Waals surface area (Å²) in [5.74, 6) is -0.223. The molecule has 1 rings (SSSR count). The molecule has 0 heterocycles. The molecule has 1 N–H and O–H groups in total. The Morgan fingerprint density at radius 2 is 2.33 bits per heavy atom. The maximum absolute atomic E-state index is 13.2. The van der Waals surface area contributed by atoms with Crippen LogP contribution in [-0.2, 0) is 0 Å². The lowest BCUT2D eigenvalue weighted by Crippen LogP contribution is -2.30. The second-order valence-electron chi connectivity index (χ2n) is 3.22. The molecule has 0 radical (unpaired) electrons. The monoisotopic (exact) mass is 208 g/mol. The minimum Gasteiger partial charge on any atom is -0.488 e. The van der Waals surface area contributed by atoms with Crippen molar-refractivity contribution < 1.29 is 9.13 Å². The molecule has 0 aliphatic heterocycles. The summed E-state index contributed by atoms with van der Waals surface area (Å²) in [5, 5.41) is 11.4. The molecule has 80 valence electrons. The molecule has 0 spiro atoms. The molecule has 1 aromatic carbocycles. The second-order valence-corrected chi connectivity index (χ2v) is 3.22. The van der Waals surface area contributed by atoms with Gasteiger partial charge in [0.15, 0.2) is 11.6 Å². The van der Waals surface area contributed by atoms with Crippen molar-refractivity contribution in [2.75, 3.05) is 13.7 Å². The van der Waals surface area contributed by atoms with Gasteiger partial charge in [-0.05, 0) is 31.7 Å². The highest BCUT2D eigenvalue weighted by molar-refractivity contribution is 5.29. The van der Waals surface area contributed by atoms with Crippen molar-refractivity contribution in [1.82, 2.24) is 5.32 Å². The van der Waals surface area contributed by atoms with E-state index in [1.807, 2.05) is 13.0 Å². The summed E-state index contributed by atoms with van der Waals surface area (Å²) in [6.07, 6.45) is 0. The van der Waals surface area contributed by atoms with E-state index in [-0.39, 0.29) is 12.4 Å². The summed E-state index contributed by atoms with van der Waals surface area (Å²) < 4.78 is 18.4. The van der Waals surface area contributed by atoms with Crippen molar-refractivity contribution in [3.05, 3.63) is 29.6 Å². The standard InChI is InChI=1S/C11H13FN2O/c1-8-3-4-10(12)11(5-8)15-7-9(6-13)14-2/h3-5,9,14H,7H2,1-2H3. The number of ether oxygens (including phenoxy) is 1. The van der Waals surface area contributed by atoms with Crippen LogP contribution in [-0.4, -0.2) is 19.7 Å². The van der Waals surface area contributed by atoms with Crippen LogP contribution >= 0.6 is 0 Å². The van der Waals surface area contributed by atoms with Gasteiger partial charge in [-0.3, -0.25) is 0 Å². The van der Waals surface area contributed by atoms with Crippen LogP contribution in [0.15, 0.2) is 18.2 Å². The molecule has 1 unspecified atom stereocenters. The van der Waals surface area contributed by atoms with Gasteiger partial charge in [-0.1, -0.05) is 6.07 Å². The van der Waals surface area contributed by atoms with Crippen LogP contribution in [0.2, 0.25) is 0 Å². The third-order valence-corrected chi connectivity index (χ3v) is 2.00. The Labute approximate surface area is 88.5 Å². The molecule has 0 amide bonds. The highest BCUT2D eigenvalue weighted by Crippen LogP contribution is 2.18. The highest BCUT2D eigenvalue weighted by Gasteiger charge is 2.07. The molecule has 0 aliphatic carbocycles. The Morgan fingerprint density at radius 1 is 1.60 bits per heavy atom. The minimum absolute atomic E-state index is 0.132. The first-order valence-corrected chi connectivity index (χ1v) is 4.63. The van der Waals surface area contributed by atoms with Crippen molar-refractivity contribution >= 4 is 0 Å². The number of hydrogen-bond acceptors (Lipinski definition) is 3. The topological polar surface area (TPSA) is 45.0 Å². The Balaban J connectivity index is 2.65. The Bertz CT molecular complexity index is 373. The molecule has 1 atom stereocenters. The SMILES string of the molecule is CNC(C#N)COc1cc(C)ccc1F. The van der Waals surface area contributed by atoms with E-state index in [0.717, 1.165) is 5.56 Å². The zero-order chi connectivity index (χ0) is 11.3. The van der Waals surface area contributed by atoms with Crippen LogP contribution in [0.3, 0.4) is 0 Å². The van der Waals surface area contributed by atoms with Crippen LogP contribution in [0, 0.1) is 24.1 Å². The summed E-state index contributed by atoms with van der Waals surface area (Å²) in [6.45, 7) is 1.99. The van der Waals surface area contributed by atoms with E-state index in [9.17, 15) is 4.39 Å². The van der Waals surface area contributed by atoms with Gasteiger partial charge in [-0.2, -0.15) is 5.26 Å². The molecule has 0 saturated carbocycles. The molecular weight excluding hydrogens is 195 g/mol. The van der Waals surface area contributed by atoms with Crippen molar-refractivity contribution in [3.8, 4) is 11.8 Å². The Kier molecular flexibility index (Phi) is 4.07. The van der Waals surface area contributed by atoms with E-state index in [0.29, 0.717) is 0 Å². The van der Waals surface area contributed by atoms with Gasteiger partial charge in [0, 0.05) is 0 Å². The molecule has 0 bridgehead atoms. The van der Waals surface area contributed by atoms with Gasteiger partial charge in [0.2, 0.25) is 0 Å². The van der Waals surface area contributed by atoms with Gasteiger partial charge in [-0.15, -0.1) is 0 Å². The fourth-order valence-corrected chi connectivity index (χ4v) is 1.08. The average Bonchev–Trinajstić information content (AvgIpc) is 2.24. The van der Waals surface area contributed by atoms with Crippen LogP contribution < -0.4 is 10.1 Å². The van der Waals surface area contributed by atoms with Crippen LogP contribution in [0.5, 0.6) is 5.75 Å². The lowest BCUT2D eigenvalue weighted by molar-refractivity contribution is 0.281. The number of aryl methyl sites for hydroxylation is 1. The minimum atomic E-state index is -0.426.